The molecule has 1 heterocycles. The molecule has 0 amide bonds. The van der Waals surface area contributed by atoms with Gasteiger partial charge in [0.15, 0.2) is 0 Å². The summed E-state index contributed by atoms with van der Waals surface area (Å²) in [6, 6.07) is 0. The van der Waals surface area contributed by atoms with Crippen molar-refractivity contribution in [3.05, 3.63) is 11.6 Å². The molecule has 0 radical (unpaired) electrons. The number of hydrogen-bond donors (Lipinski definition) is 0. The molecule has 3 heteroatoms. The minimum absolute atomic E-state index is 0.227. The molecule has 1 fully saturated rings. The fourth-order valence-corrected chi connectivity index (χ4v) is 1.28. The quantitative estimate of drug-likeness (QED) is 0.476. The average Bonchev–Trinajstić information content (AvgIpc) is 2.24. The van der Waals surface area contributed by atoms with E-state index in [-0.39, 0.29) is 5.97 Å². The van der Waals surface area contributed by atoms with Crippen molar-refractivity contribution in [1.29, 1.82) is 0 Å². The van der Waals surface area contributed by atoms with Crippen LogP contribution in [0.15, 0.2) is 11.6 Å². The first-order chi connectivity index (χ1) is 6.72. The monoisotopic (exact) mass is 199 g/mol. The standard InChI is InChI=1S/C9H15NO2.C2H6/c1-10-5-3-8(4-6-10)7-9(11)12-2;1-2/h7H,3-6H2,1-2H3;1-2H3. The highest BCUT2D eigenvalue weighted by molar-refractivity contribution is 5.82. The zero-order valence-electron chi connectivity index (χ0n) is 9.67. The Morgan fingerprint density at radius 1 is 1.36 bits per heavy atom. The first-order valence-electron chi connectivity index (χ1n) is 5.18. The first kappa shape index (κ1) is 13.2. The normalized spacial score (nSPS) is 16.7. The maximum absolute atomic E-state index is 10.8. The van der Waals surface area contributed by atoms with Crippen LogP contribution in [0.5, 0.6) is 0 Å². The molecule has 0 N–H and O–H groups in total. The Morgan fingerprint density at radius 3 is 2.29 bits per heavy atom. The number of carbonyl (C=O) groups is 1. The summed E-state index contributed by atoms with van der Waals surface area (Å²) < 4.78 is 4.55. The maximum Gasteiger partial charge on any atom is 0.330 e. The number of nitrogens with zero attached hydrogens (tertiary/aromatic N) is 1. The second-order valence-corrected chi connectivity index (χ2v) is 3.13. The smallest absolute Gasteiger partial charge is 0.330 e. The summed E-state index contributed by atoms with van der Waals surface area (Å²) in [7, 11) is 3.50. The molecular weight excluding hydrogens is 178 g/mol. The van der Waals surface area contributed by atoms with Gasteiger partial charge in [-0.25, -0.2) is 4.79 Å². The van der Waals surface area contributed by atoms with E-state index in [0.29, 0.717) is 0 Å². The van der Waals surface area contributed by atoms with Crippen LogP contribution in [0.1, 0.15) is 26.7 Å². The van der Waals surface area contributed by atoms with Crippen LogP contribution in [0.4, 0.5) is 0 Å². The van der Waals surface area contributed by atoms with E-state index in [9.17, 15) is 4.79 Å². The molecule has 1 aliphatic rings. The lowest BCUT2D eigenvalue weighted by atomic mass is 10.0. The molecule has 14 heavy (non-hydrogen) atoms. The van der Waals surface area contributed by atoms with Gasteiger partial charge in [0.25, 0.3) is 0 Å². The van der Waals surface area contributed by atoms with Gasteiger partial charge in [-0.3, -0.25) is 0 Å². The fraction of sp³-hybridized carbons (Fsp3) is 0.727. The highest BCUT2D eigenvalue weighted by atomic mass is 16.5. The van der Waals surface area contributed by atoms with Gasteiger partial charge in [-0.1, -0.05) is 19.4 Å². The van der Waals surface area contributed by atoms with Crippen molar-refractivity contribution in [2.45, 2.75) is 26.7 Å². The van der Waals surface area contributed by atoms with E-state index in [2.05, 4.69) is 16.7 Å². The van der Waals surface area contributed by atoms with Crippen LogP contribution in [0.2, 0.25) is 0 Å². The van der Waals surface area contributed by atoms with Crippen LogP contribution in [0.3, 0.4) is 0 Å². The van der Waals surface area contributed by atoms with Crippen molar-refractivity contribution in [2.24, 2.45) is 0 Å². The van der Waals surface area contributed by atoms with Crippen molar-refractivity contribution >= 4 is 5.97 Å². The van der Waals surface area contributed by atoms with Gasteiger partial charge < -0.3 is 9.64 Å². The molecule has 1 aliphatic heterocycles. The Hall–Kier alpha value is -0.830. The van der Waals surface area contributed by atoms with Crippen molar-refractivity contribution in [3.63, 3.8) is 0 Å². The molecule has 1 saturated heterocycles. The SMILES string of the molecule is CC.COC(=O)C=C1CCN(C)CC1. The van der Waals surface area contributed by atoms with Crippen LogP contribution < -0.4 is 0 Å². The fourth-order valence-electron chi connectivity index (χ4n) is 1.28. The van der Waals surface area contributed by atoms with Gasteiger partial charge in [0.1, 0.15) is 0 Å². The average molecular weight is 199 g/mol. The topological polar surface area (TPSA) is 29.5 Å². The lowest BCUT2D eigenvalue weighted by molar-refractivity contribution is -0.134. The van der Waals surface area contributed by atoms with Crippen LogP contribution in [-0.2, 0) is 9.53 Å². The summed E-state index contributed by atoms with van der Waals surface area (Å²) in [6.07, 6.45) is 3.60. The molecule has 82 valence electrons. The number of likely N-dealkylation sites (tertiary alicyclic amines) is 1. The second-order valence-electron chi connectivity index (χ2n) is 3.13. The summed E-state index contributed by atoms with van der Waals surface area (Å²) in [5.41, 5.74) is 1.21. The van der Waals surface area contributed by atoms with Crippen molar-refractivity contribution in [1.82, 2.24) is 4.90 Å². The van der Waals surface area contributed by atoms with Crippen molar-refractivity contribution in [2.75, 3.05) is 27.2 Å². The number of rotatable bonds is 1. The van der Waals surface area contributed by atoms with Gasteiger partial charge in [-0.05, 0) is 19.9 Å². The van der Waals surface area contributed by atoms with E-state index in [1.165, 1.54) is 12.7 Å². The largest absolute Gasteiger partial charge is 0.466 e. The lowest BCUT2D eigenvalue weighted by Crippen LogP contribution is -2.26. The summed E-state index contributed by atoms with van der Waals surface area (Å²) in [5.74, 6) is -0.227. The lowest BCUT2D eigenvalue weighted by Gasteiger charge is -2.23. The Morgan fingerprint density at radius 2 is 1.86 bits per heavy atom. The Bertz CT molecular complexity index is 189. The van der Waals surface area contributed by atoms with E-state index >= 15 is 0 Å². The molecule has 0 spiro atoms. The van der Waals surface area contributed by atoms with Crippen molar-refractivity contribution in [3.8, 4) is 0 Å². The van der Waals surface area contributed by atoms with Crippen LogP contribution in [0.25, 0.3) is 0 Å². The summed E-state index contributed by atoms with van der Waals surface area (Å²) in [5, 5.41) is 0. The number of ether oxygens (including phenoxy) is 1. The molecular formula is C11H21NO2. The van der Waals surface area contributed by atoms with E-state index in [1.54, 1.807) is 6.08 Å². The number of piperidine rings is 1. The van der Waals surface area contributed by atoms with Gasteiger partial charge in [-0.15, -0.1) is 0 Å². The third-order valence-electron chi connectivity index (χ3n) is 2.15. The molecule has 0 aromatic rings. The second kappa shape index (κ2) is 7.56. The zero-order valence-corrected chi connectivity index (χ0v) is 9.67. The van der Waals surface area contributed by atoms with Gasteiger partial charge in [0, 0.05) is 19.2 Å². The van der Waals surface area contributed by atoms with Gasteiger partial charge in [-0.2, -0.15) is 0 Å². The van der Waals surface area contributed by atoms with Crippen molar-refractivity contribution < 1.29 is 9.53 Å². The third kappa shape index (κ3) is 5.02. The summed E-state index contributed by atoms with van der Waals surface area (Å²) in [4.78, 5) is 13.1. The van der Waals surface area contributed by atoms with E-state index in [0.717, 1.165) is 25.9 Å². The molecule has 0 aliphatic carbocycles. The zero-order chi connectivity index (χ0) is 11.0. The minimum Gasteiger partial charge on any atom is -0.466 e. The summed E-state index contributed by atoms with van der Waals surface area (Å²) >= 11 is 0. The molecule has 0 saturated carbocycles. The number of hydrogen-bond acceptors (Lipinski definition) is 3. The number of carbonyl (C=O) groups excluding carboxylic acids is 1. The van der Waals surface area contributed by atoms with E-state index in [4.69, 9.17) is 0 Å². The van der Waals surface area contributed by atoms with Crippen LogP contribution in [-0.4, -0.2) is 38.1 Å². The van der Waals surface area contributed by atoms with E-state index < -0.39 is 0 Å². The molecule has 0 unspecified atom stereocenters. The van der Waals surface area contributed by atoms with Gasteiger partial charge in [0.05, 0.1) is 7.11 Å². The number of esters is 1. The Labute approximate surface area is 86.7 Å². The predicted molar refractivity (Wildman–Crippen MR) is 58.2 cm³/mol. The first-order valence-corrected chi connectivity index (χ1v) is 5.18. The molecule has 0 aromatic carbocycles. The predicted octanol–water partition coefficient (Wildman–Crippen LogP) is 1.84. The van der Waals surface area contributed by atoms with E-state index in [1.807, 2.05) is 13.8 Å². The maximum atomic E-state index is 10.8. The highest BCUT2D eigenvalue weighted by Gasteiger charge is 2.10. The van der Waals surface area contributed by atoms with Crippen LogP contribution >= 0.6 is 0 Å². The Kier molecular flexibility index (Phi) is 7.11. The number of methoxy groups -OCH3 is 1. The molecule has 0 aromatic heterocycles. The molecule has 3 nitrogen and oxygen atoms in total. The summed E-state index contributed by atoms with van der Waals surface area (Å²) in [6.45, 7) is 6.09. The minimum atomic E-state index is -0.227. The molecule has 0 bridgehead atoms. The third-order valence-corrected chi connectivity index (χ3v) is 2.15. The van der Waals surface area contributed by atoms with Gasteiger partial charge in [0.2, 0.25) is 0 Å². The van der Waals surface area contributed by atoms with Crippen LogP contribution in [0, 0.1) is 0 Å². The van der Waals surface area contributed by atoms with Gasteiger partial charge >= 0.3 is 5.97 Å². The molecule has 0 atom stereocenters. The Balaban J connectivity index is 0.000000791. The highest BCUT2D eigenvalue weighted by Crippen LogP contribution is 2.14. The molecule has 1 rings (SSSR count).